The zero-order valence-corrected chi connectivity index (χ0v) is 18.0. The lowest BCUT2D eigenvalue weighted by Gasteiger charge is -2.44. The number of piperazine rings is 1. The molecule has 2 aromatic heterocycles. The van der Waals surface area contributed by atoms with E-state index >= 15 is 0 Å². The van der Waals surface area contributed by atoms with Gasteiger partial charge >= 0.3 is 0 Å². The second-order valence-electron chi connectivity index (χ2n) is 8.19. The minimum absolute atomic E-state index is 0.113. The topological polar surface area (TPSA) is 27.5 Å². The fourth-order valence-corrected chi connectivity index (χ4v) is 5.46. The van der Waals surface area contributed by atoms with Crippen LogP contribution >= 0.6 is 11.3 Å². The number of anilines is 1. The van der Waals surface area contributed by atoms with Crippen LogP contribution < -0.4 is 4.90 Å². The Hall–Kier alpha value is -2.22. The Kier molecular flexibility index (Phi) is 5.84. The van der Waals surface area contributed by atoms with Gasteiger partial charge in [0.05, 0.1) is 5.69 Å². The van der Waals surface area contributed by atoms with Crippen molar-refractivity contribution in [2.24, 2.45) is 0 Å². The number of halogens is 1. The highest BCUT2D eigenvalue weighted by molar-refractivity contribution is 7.12. The predicted octanol–water partition coefficient (Wildman–Crippen LogP) is 3.86. The number of likely N-dealkylation sites (tertiary alicyclic amines) is 1. The van der Waals surface area contributed by atoms with Crippen LogP contribution in [0.1, 0.15) is 18.5 Å². The lowest BCUT2D eigenvalue weighted by atomic mass is 10.0. The van der Waals surface area contributed by atoms with Crippen molar-refractivity contribution in [1.29, 1.82) is 0 Å². The van der Waals surface area contributed by atoms with Gasteiger partial charge < -0.3 is 4.90 Å². The first kappa shape index (κ1) is 19.7. The van der Waals surface area contributed by atoms with Crippen LogP contribution in [0.25, 0.3) is 5.13 Å². The van der Waals surface area contributed by atoms with Gasteiger partial charge in [0.15, 0.2) is 5.13 Å². The van der Waals surface area contributed by atoms with Crippen LogP contribution in [0, 0.1) is 5.82 Å². The third-order valence-electron chi connectivity index (χ3n) is 6.35. The fraction of sp³-hybridized carbons (Fsp3) is 0.435. The molecular formula is C23H28FN5S. The third-order valence-corrected chi connectivity index (χ3v) is 7.12. The fourth-order valence-electron chi connectivity index (χ4n) is 4.80. The predicted molar refractivity (Wildman–Crippen MR) is 120 cm³/mol. The number of piperidine rings is 1. The van der Waals surface area contributed by atoms with Crippen molar-refractivity contribution in [3.05, 3.63) is 65.7 Å². The SMILES string of the molecule is Fc1ccccc1N1CCN([C@H]2CCCN(Cc3cccn3-c3nccs3)C2)CC1. The van der Waals surface area contributed by atoms with Gasteiger partial charge in [-0.05, 0) is 43.7 Å². The maximum absolute atomic E-state index is 14.1. The van der Waals surface area contributed by atoms with Gasteiger partial charge in [0.1, 0.15) is 5.82 Å². The summed E-state index contributed by atoms with van der Waals surface area (Å²) >= 11 is 1.67. The van der Waals surface area contributed by atoms with Gasteiger partial charge in [-0.15, -0.1) is 11.3 Å². The van der Waals surface area contributed by atoms with Crippen LogP contribution in [0.5, 0.6) is 0 Å². The van der Waals surface area contributed by atoms with Crippen LogP contribution in [-0.2, 0) is 6.54 Å². The Morgan fingerprint density at radius 3 is 2.70 bits per heavy atom. The molecule has 0 saturated carbocycles. The van der Waals surface area contributed by atoms with Gasteiger partial charge in [0.2, 0.25) is 0 Å². The minimum Gasteiger partial charge on any atom is -0.367 e. The standard InChI is InChI=1S/C23H28FN5S/c24-21-7-1-2-8-22(21)28-14-12-27(13-15-28)19-5-3-10-26(17-19)18-20-6-4-11-29(20)23-25-9-16-30-23/h1-2,4,6-9,11,16,19H,3,5,10,12-15,17-18H2/t19-/m0/s1. The molecule has 1 aromatic carbocycles. The molecule has 5 rings (SSSR count). The van der Waals surface area contributed by atoms with E-state index in [-0.39, 0.29) is 5.82 Å². The molecule has 2 aliphatic rings. The Morgan fingerprint density at radius 2 is 1.90 bits per heavy atom. The highest BCUT2D eigenvalue weighted by atomic mass is 32.1. The molecule has 3 aromatic rings. The highest BCUT2D eigenvalue weighted by Gasteiger charge is 2.29. The van der Waals surface area contributed by atoms with Gasteiger partial charge in [0, 0.05) is 68.8 Å². The molecule has 0 spiro atoms. The van der Waals surface area contributed by atoms with Crippen molar-refractivity contribution in [2.45, 2.75) is 25.4 Å². The van der Waals surface area contributed by atoms with E-state index in [4.69, 9.17) is 0 Å². The van der Waals surface area contributed by atoms with E-state index < -0.39 is 0 Å². The largest absolute Gasteiger partial charge is 0.367 e. The Bertz CT molecular complexity index is 948. The molecule has 2 fully saturated rings. The summed E-state index contributed by atoms with van der Waals surface area (Å²) < 4.78 is 16.3. The summed E-state index contributed by atoms with van der Waals surface area (Å²) in [6, 6.07) is 12.0. The average Bonchev–Trinajstić information content (AvgIpc) is 3.46. The molecule has 158 valence electrons. The third kappa shape index (κ3) is 4.15. The van der Waals surface area contributed by atoms with Crippen molar-refractivity contribution < 1.29 is 4.39 Å². The Morgan fingerprint density at radius 1 is 1.03 bits per heavy atom. The number of hydrogen-bond donors (Lipinski definition) is 0. The van der Waals surface area contributed by atoms with Crippen molar-refractivity contribution in [2.75, 3.05) is 44.2 Å². The summed E-state index contributed by atoms with van der Waals surface area (Å²) in [5.74, 6) is -0.113. The number of hydrogen-bond acceptors (Lipinski definition) is 5. The molecule has 0 radical (unpaired) electrons. The van der Waals surface area contributed by atoms with E-state index in [1.54, 1.807) is 23.5 Å². The maximum Gasteiger partial charge on any atom is 0.193 e. The van der Waals surface area contributed by atoms with Crippen LogP contribution in [0.3, 0.4) is 0 Å². The second kappa shape index (κ2) is 8.88. The van der Waals surface area contributed by atoms with Crippen LogP contribution in [0.2, 0.25) is 0 Å². The maximum atomic E-state index is 14.1. The van der Waals surface area contributed by atoms with Gasteiger partial charge in [0.25, 0.3) is 0 Å². The molecule has 0 amide bonds. The molecule has 4 heterocycles. The van der Waals surface area contributed by atoms with Gasteiger partial charge in [-0.2, -0.15) is 0 Å². The first-order valence-electron chi connectivity index (χ1n) is 10.8. The second-order valence-corrected chi connectivity index (χ2v) is 9.06. The normalized spacial score (nSPS) is 21.2. The summed E-state index contributed by atoms with van der Waals surface area (Å²) in [6.07, 6.45) is 6.46. The number of rotatable bonds is 5. The van der Waals surface area contributed by atoms with Crippen LogP contribution in [0.4, 0.5) is 10.1 Å². The van der Waals surface area contributed by atoms with Crippen molar-refractivity contribution in [1.82, 2.24) is 19.4 Å². The summed E-state index contributed by atoms with van der Waals surface area (Å²) in [5.41, 5.74) is 2.04. The quantitative estimate of drug-likeness (QED) is 0.620. The number of para-hydroxylation sites is 1. The highest BCUT2D eigenvalue weighted by Crippen LogP contribution is 2.24. The van der Waals surface area contributed by atoms with Crippen molar-refractivity contribution in [3.63, 3.8) is 0 Å². The number of thiazole rings is 1. The van der Waals surface area contributed by atoms with Crippen molar-refractivity contribution >= 4 is 17.0 Å². The van der Waals surface area contributed by atoms with E-state index in [0.29, 0.717) is 6.04 Å². The summed E-state index contributed by atoms with van der Waals surface area (Å²) in [6.45, 7) is 7.00. The molecule has 0 aliphatic carbocycles. The smallest absolute Gasteiger partial charge is 0.193 e. The van der Waals surface area contributed by atoms with Gasteiger partial charge in [-0.25, -0.2) is 9.37 Å². The average molecular weight is 426 g/mol. The van der Waals surface area contributed by atoms with E-state index in [2.05, 4.69) is 42.6 Å². The van der Waals surface area contributed by atoms with E-state index in [1.807, 2.05) is 23.7 Å². The molecule has 5 nitrogen and oxygen atoms in total. The van der Waals surface area contributed by atoms with Crippen LogP contribution in [-0.4, -0.2) is 64.7 Å². The monoisotopic (exact) mass is 425 g/mol. The van der Waals surface area contributed by atoms with Gasteiger partial charge in [-0.3, -0.25) is 14.4 Å². The first-order chi connectivity index (χ1) is 14.8. The molecule has 0 N–H and O–H groups in total. The molecule has 2 aliphatic heterocycles. The molecule has 30 heavy (non-hydrogen) atoms. The van der Waals surface area contributed by atoms with E-state index in [0.717, 1.165) is 56.6 Å². The summed E-state index contributed by atoms with van der Waals surface area (Å²) in [7, 11) is 0. The number of nitrogens with zero attached hydrogens (tertiary/aromatic N) is 5. The molecule has 0 bridgehead atoms. The van der Waals surface area contributed by atoms with E-state index in [9.17, 15) is 4.39 Å². The Labute approximate surface area is 181 Å². The summed E-state index contributed by atoms with van der Waals surface area (Å²) in [5, 5.41) is 3.06. The summed E-state index contributed by atoms with van der Waals surface area (Å²) in [4.78, 5) is 11.8. The molecule has 2 saturated heterocycles. The lowest BCUT2D eigenvalue weighted by Crippen LogP contribution is -2.55. The van der Waals surface area contributed by atoms with Gasteiger partial charge in [-0.1, -0.05) is 12.1 Å². The first-order valence-corrected chi connectivity index (χ1v) is 11.7. The van der Waals surface area contributed by atoms with Crippen molar-refractivity contribution in [3.8, 4) is 5.13 Å². The number of benzene rings is 1. The van der Waals surface area contributed by atoms with E-state index in [1.165, 1.54) is 18.5 Å². The zero-order valence-electron chi connectivity index (χ0n) is 17.2. The molecular weight excluding hydrogens is 397 g/mol. The van der Waals surface area contributed by atoms with Crippen LogP contribution in [0.15, 0.2) is 54.2 Å². The lowest BCUT2D eigenvalue weighted by molar-refractivity contribution is 0.0877. The Balaban J connectivity index is 1.19. The number of aromatic nitrogens is 2. The minimum atomic E-state index is -0.113. The molecule has 7 heteroatoms. The molecule has 0 unspecified atom stereocenters. The zero-order chi connectivity index (χ0) is 20.3. The molecule has 1 atom stereocenters.